The van der Waals surface area contributed by atoms with Crippen LogP contribution in [0.4, 0.5) is 0 Å². The molecule has 0 aromatic carbocycles. The SMILES string of the molecule is C.C.C.C.C.C.C.C.C.C.C.CC(C)OC(C)(C)CC(C)(C)C.CC(C)OC(C)C(C)C(C)(C)C.CC(C)OC(C)CC(C)(C)C.CC(C)OC(CC(C)(C)C)C(C)C.CC(C)OC1(CC(C)(C)C)CC1.CC(C)OCC(C(C)C)C(C)(C)C.CC(C)OCC(C)(C)C(C)(C)C.CC(C)OCC(C)C(C)(C)C.CC(C)OCC1(C(C)(C)C)CC1.CCC(CC(C)(C)C)OC(C)C.CCC(COC(C)C)C(C)(C)C. The number of hydrogen-bond donors (Lipinski definition) is 0. The topological polar surface area (TPSA) is 102 Å². The largest absolute Gasteiger partial charge is 0.378 e. The van der Waals surface area contributed by atoms with Crippen LogP contribution in [0.3, 0.4) is 0 Å². The monoisotopic (exact) mass is 2070 g/mol. The quantitative estimate of drug-likeness (QED) is 0.0594. The zero-order valence-electron chi connectivity index (χ0n) is 104. The normalized spacial score (nSPS) is 15.2. The van der Waals surface area contributed by atoms with Crippen LogP contribution in [-0.2, 0) is 52.1 Å². The van der Waals surface area contributed by atoms with Crippen molar-refractivity contribution in [3.63, 3.8) is 0 Å². The molecule has 0 aromatic heterocycles. The van der Waals surface area contributed by atoms with Gasteiger partial charge in [0.1, 0.15) is 0 Å². The molecule has 2 aliphatic rings. The van der Waals surface area contributed by atoms with E-state index in [9.17, 15) is 0 Å². The molecule has 0 saturated heterocycles. The molecule has 143 heavy (non-hydrogen) atoms. The summed E-state index contributed by atoms with van der Waals surface area (Å²) in [5.41, 5.74) is 5.06. The standard InChI is InChI=1S/2C12H26O.2C11H22O.5C11H24O.2C10H22O.11CH4/c1-9(2)11(12(5,6)7)8-13-10(3)4;1-9(2)11(13-10(3)4)8-12(5,6)7;1-9(2)12-8-11(6-7-11)10(3,4)5;1-9(2)12-11(6-7-11)8-10(3,4)5;1-9(2)12-8-11(6,7)10(3,4)5;1-9(2)12-11(6,7)8-10(3,4)5;1-8(2)12-10(4)9(3)11(5,6)7;1-7-10(11(4,5)6)8-12-9(2)3;1-7-10(12-9(2)3)8-11(4,5)6;1-8(2)11-7-9(3)10(4,5)6;1-8(2)11-9(3)7-10(4,5)6;;;;;;;;;;;/h2*9-11H,8H2,1-7H3;2*9H,6-8H2,1-5H3;2*9H,8H2,1-7H3;8-10H,1-7H3;2*9-10H,7-8H2,1-6H3;2*8-9H,7H2,1-6H3;11*1H4. The lowest BCUT2D eigenvalue weighted by atomic mass is 9.70. The summed E-state index contributed by atoms with van der Waals surface area (Å²) in [5.74, 6) is 3.86. The number of rotatable bonds is 37. The third-order valence-electron chi connectivity index (χ3n) is 24.4. The summed E-state index contributed by atoms with van der Waals surface area (Å²) in [4.78, 5) is 0. The van der Waals surface area contributed by atoms with Gasteiger partial charge in [0.15, 0.2) is 0 Å². The van der Waals surface area contributed by atoms with Gasteiger partial charge in [0.05, 0.1) is 129 Å². The van der Waals surface area contributed by atoms with E-state index in [1.807, 2.05) is 0 Å². The van der Waals surface area contributed by atoms with Crippen LogP contribution in [0.5, 0.6) is 0 Å². The van der Waals surface area contributed by atoms with Gasteiger partial charge in [-0.05, 0) is 350 Å². The molecule has 0 aromatic rings. The molecule has 0 radical (unpaired) electrons. The van der Waals surface area contributed by atoms with Gasteiger partial charge in [-0.1, -0.05) is 386 Å². The average molecular weight is 2070 g/mol. The lowest BCUT2D eigenvalue weighted by molar-refractivity contribution is -0.0762. The van der Waals surface area contributed by atoms with Gasteiger partial charge in [-0.25, -0.2) is 0 Å². The molecule has 11 nitrogen and oxygen atoms in total. The molecule has 898 valence electrons. The summed E-state index contributed by atoms with van der Waals surface area (Å²) in [7, 11) is 0. The van der Waals surface area contributed by atoms with Crippen LogP contribution < -0.4 is 0 Å². The molecule has 11 heteroatoms. The first-order valence-corrected chi connectivity index (χ1v) is 54.1. The maximum Gasteiger partial charge on any atom is 0.0693 e. The van der Waals surface area contributed by atoms with Gasteiger partial charge in [0, 0.05) is 6.61 Å². The maximum atomic E-state index is 5.92. The van der Waals surface area contributed by atoms with Crippen LogP contribution >= 0.6 is 0 Å². The van der Waals surface area contributed by atoms with E-state index in [0.717, 1.165) is 65.1 Å². The predicted molar refractivity (Wildman–Crippen MR) is 667 cm³/mol. The van der Waals surface area contributed by atoms with Gasteiger partial charge in [0.25, 0.3) is 0 Å². The van der Waals surface area contributed by atoms with Crippen LogP contribution in [0, 0.1) is 106 Å². The third-order valence-corrected chi connectivity index (χ3v) is 24.4. The smallest absolute Gasteiger partial charge is 0.0693 e. The fourth-order valence-corrected chi connectivity index (χ4v) is 15.1. The van der Waals surface area contributed by atoms with Crippen LogP contribution in [-0.4, -0.2) is 136 Å². The van der Waals surface area contributed by atoms with Crippen LogP contribution in [0.1, 0.15) is 630 Å². The predicted octanol–water partition coefficient (Wildman–Crippen LogP) is 45.2. The highest BCUT2D eigenvalue weighted by Gasteiger charge is 2.52. The van der Waals surface area contributed by atoms with Crippen molar-refractivity contribution in [3.8, 4) is 0 Å². The summed E-state index contributed by atoms with van der Waals surface area (Å²) < 4.78 is 62.9. The van der Waals surface area contributed by atoms with Crippen molar-refractivity contribution in [2.24, 2.45) is 106 Å². The highest BCUT2D eigenvalue weighted by Crippen LogP contribution is 2.58. The Balaban J connectivity index is -0.0000000642. The second kappa shape index (κ2) is 86.7. The zero-order chi connectivity index (χ0) is 108. The van der Waals surface area contributed by atoms with Crippen molar-refractivity contribution in [1.29, 1.82) is 0 Å². The van der Waals surface area contributed by atoms with Gasteiger partial charge in [-0.15, -0.1) is 0 Å². The molecule has 2 fully saturated rings. The minimum Gasteiger partial charge on any atom is -0.378 e. The van der Waals surface area contributed by atoms with E-state index in [1.54, 1.807) is 0 Å². The van der Waals surface area contributed by atoms with E-state index < -0.39 is 0 Å². The highest BCUT2D eigenvalue weighted by atomic mass is 16.5. The van der Waals surface area contributed by atoms with Crippen LogP contribution in [0.15, 0.2) is 0 Å². The molecular formula is C132H304O11. The molecular weight excluding hydrogens is 1760 g/mol. The Bertz CT molecular complexity index is 2530. The van der Waals surface area contributed by atoms with Gasteiger partial charge >= 0.3 is 0 Å². The molecule has 2 saturated carbocycles. The van der Waals surface area contributed by atoms with Crippen molar-refractivity contribution in [1.82, 2.24) is 0 Å². The first-order chi connectivity index (χ1) is 58.1. The zero-order valence-corrected chi connectivity index (χ0v) is 104. The van der Waals surface area contributed by atoms with Crippen LogP contribution in [0.25, 0.3) is 0 Å². The van der Waals surface area contributed by atoms with E-state index in [1.165, 1.54) is 38.5 Å². The van der Waals surface area contributed by atoms with E-state index in [-0.39, 0.29) is 98.3 Å². The minimum atomic E-state index is 0. The Morgan fingerprint density at radius 2 is 0.636 bits per heavy atom. The molecule has 0 heterocycles. The van der Waals surface area contributed by atoms with Gasteiger partial charge in [0.2, 0.25) is 0 Å². The van der Waals surface area contributed by atoms with E-state index >= 15 is 0 Å². The Labute approximate surface area is 918 Å². The van der Waals surface area contributed by atoms with Crippen molar-refractivity contribution in [3.05, 3.63) is 0 Å². The van der Waals surface area contributed by atoms with Crippen molar-refractivity contribution >= 4 is 0 Å². The highest BCUT2D eigenvalue weighted by molar-refractivity contribution is 5.02. The molecule has 8 atom stereocenters. The van der Waals surface area contributed by atoms with E-state index in [0.29, 0.717) is 192 Å². The van der Waals surface area contributed by atoms with Crippen molar-refractivity contribution in [2.45, 2.75) is 733 Å². The molecule has 0 N–H and O–H groups in total. The van der Waals surface area contributed by atoms with Crippen molar-refractivity contribution < 1.29 is 52.1 Å². The lowest BCUT2D eigenvalue weighted by Crippen LogP contribution is -2.35. The summed E-state index contributed by atoms with van der Waals surface area (Å²) in [6.45, 7) is 157. The fourth-order valence-electron chi connectivity index (χ4n) is 15.1. The number of hydrogen-bond acceptors (Lipinski definition) is 11. The van der Waals surface area contributed by atoms with Crippen LogP contribution in [0.2, 0.25) is 0 Å². The fraction of sp³-hybridized carbons (Fsp3) is 1.00. The molecule has 0 bridgehead atoms. The second-order valence-corrected chi connectivity index (χ2v) is 57.8. The Morgan fingerprint density at radius 1 is 0.287 bits per heavy atom. The Morgan fingerprint density at radius 3 is 0.867 bits per heavy atom. The third kappa shape index (κ3) is 127. The van der Waals surface area contributed by atoms with Gasteiger partial charge in [-0.2, -0.15) is 0 Å². The Kier molecular flexibility index (Phi) is 115. The van der Waals surface area contributed by atoms with Crippen molar-refractivity contribution in [2.75, 3.05) is 33.0 Å². The first kappa shape index (κ1) is 190. The van der Waals surface area contributed by atoms with Gasteiger partial charge < -0.3 is 52.1 Å². The average Bonchev–Trinajstić information content (AvgIpc) is 1.60. The van der Waals surface area contributed by atoms with Gasteiger partial charge in [-0.3, -0.25) is 0 Å². The number of ether oxygens (including phenoxy) is 11. The summed E-state index contributed by atoms with van der Waals surface area (Å²) >= 11 is 0. The summed E-state index contributed by atoms with van der Waals surface area (Å²) in [6, 6.07) is 0. The maximum absolute atomic E-state index is 5.92. The summed E-state index contributed by atoms with van der Waals surface area (Å²) in [6.07, 6.45) is 18.8. The Hall–Kier alpha value is -0.440. The summed E-state index contributed by atoms with van der Waals surface area (Å²) in [5, 5.41) is 0. The van der Waals surface area contributed by atoms with E-state index in [4.69, 9.17) is 52.1 Å². The van der Waals surface area contributed by atoms with E-state index in [2.05, 4.69) is 478 Å². The molecule has 0 aliphatic heterocycles. The lowest BCUT2D eigenvalue weighted by Gasteiger charge is -2.39. The molecule has 2 rings (SSSR count). The molecule has 8 unspecified atom stereocenters. The second-order valence-electron chi connectivity index (χ2n) is 57.8. The molecule has 2 aliphatic carbocycles. The molecule has 0 amide bonds. The minimum absolute atomic E-state index is 0. The molecule has 0 spiro atoms. The first-order valence-electron chi connectivity index (χ1n) is 54.1.